The van der Waals surface area contributed by atoms with E-state index in [2.05, 4.69) is 20.3 Å². The lowest BCUT2D eigenvalue weighted by molar-refractivity contribution is -0.146. The van der Waals surface area contributed by atoms with Crippen LogP contribution in [0.15, 0.2) is 60.7 Å². The van der Waals surface area contributed by atoms with Crippen molar-refractivity contribution in [2.75, 3.05) is 19.6 Å². The highest BCUT2D eigenvalue weighted by atomic mass is 32.2. The van der Waals surface area contributed by atoms with Crippen LogP contribution in [0.5, 0.6) is 0 Å². The monoisotopic (exact) mass is 772 g/mol. The molecule has 4 aliphatic rings. The van der Waals surface area contributed by atoms with Gasteiger partial charge in [-0.1, -0.05) is 67.5 Å². The standard InChI is InChI=1S/C40H48N6O8S/c1-25-21-32(26(2)41-25)35(47)42-33-16-7-5-3-4-6-14-29-22-40(29,38(50)44-55(52,53)30-17-18-30)43-36(48)34-23-45(19-20-46(34)37(33)49)39(51)54-24-28-13-10-12-27-11-8-9-15-31(27)28/h6,8-15,21,29-30,33-34,41H,3-5,7,16-20,22-24H2,1-2H3,(H,42,47)(H,43,48)(H,44,50)/b14-6+/t29?,33-,34-,40-/m0/s1. The number of rotatable bonds is 7. The summed E-state index contributed by atoms with van der Waals surface area (Å²) in [5.74, 6) is -2.92. The lowest BCUT2D eigenvalue weighted by atomic mass is 10.0. The fourth-order valence-corrected chi connectivity index (χ4v) is 9.12. The van der Waals surface area contributed by atoms with Gasteiger partial charge in [-0.2, -0.15) is 0 Å². The van der Waals surface area contributed by atoms with E-state index in [1.54, 1.807) is 13.0 Å². The minimum absolute atomic E-state index is 0.0187. The van der Waals surface area contributed by atoms with Gasteiger partial charge in [0.2, 0.25) is 21.8 Å². The lowest BCUT2D eigenvalue weighted by Crippen LogP contribution is -2.66. The van der Waals surface area contributed by atoms with Crippen LogP contribution in [0.2, 0.25) is 0 Å². The quantitative estimate of drug-likeness (QED) is 0.262. The van der Waals surface area contributed by atoms with Gasteiger partial charge in [-0.3, -0.25) is 23.9 Å². The number of hydrogen-bond acceptors (Lipinski definition) is 8. The number of carbonyl (C=O) groups is 5. The fraction of sp³-hybridized carbons (Fsp3) is 0.475. The lowest BCUT2D eigenvalue weighted by Gasteiger charge is -2.41. The van der Waals surface area contributed by atoms with Crippen molar-refractivity contribution >= 4 is 50.5 Å². The summed E-state index contributed by atoms with van der Waals surface area (Å²) >= 11 is 0. The highest BCUT2D eigenvalue weighted by molar-refractivity contribution is 7.91. The van der Waals surface area contributed by atoms with Gasteiger partial charge in [0.1, 0.15) is 24.2 Å². The van der Waals surface area contributed by atoms with E-state index in [-0.39, 0.29) is 32.7 Å². The number of nitrogens with zero attached hydrogens (tertiary/aromatic N) is 2. The minimum Gasteiger partial charge on any atom is -0.445 e. The molecule has 55 heavy (non-hydrogen) atoms. The van der Waals surface area contributed by atoms with Crippen LogP contribution in [-0.2, 0) is 35.8 Å². The highest BCUT2D eigenvalue weighted by Gasteiger charge is 2.62. The fourth-order valence-electron chi connectivity index (χ4n) is 7.75. The molecule has 2 aliphatic heterocycles. The summed E-state index contributed by atoms with van der Waals surface area (Å²) in [6.45, 7) is 3.35. The van der Waals surface area contributed by atoms with Crippen LogP contribution >= 0.6 is 0 Å². The highest BCUT2D eigenvalue weighted by Crippen LogP contribution is 2.46. The molecule has 7 rings (SSSR count). The van der Waals surface area contributed by atoms with E-state index in [4.69, 9.17) is 4.74 Å². The first-order valence-electron chi connectivity index (χ1n) is 19.1. The maximum absolute atomic E-state index is 14.5. The summed E-state index contributed by atoms with van der Waals surface area (Å²) < 4.78 is 33.7. The summed E-state index contributed by atoms with van der Waals surface area (Å²) in [4.78, 5) is 75.7. The number of hydrogen-bond donors (Lipinski definition) is 4. The third-order valence-electron chi connectivity index (χ3n) is 11.1. The number of ether oxygens (including phenoxy) is 1. The molecule has 14 nitrogen and oxygen atoms in total. The van der Waals surface area contributed by atoms with Crippen molar-refractivity contribution < 1.29 is 37.1 Å². The average Bonchev–Trinajstić information content (AvgIpc) is 4.10. The molecule has 2 aliphatic carbocycles. The van der Waals surface area contributed by atoms with Gasteiger partial charge in [0.25, 0.3) is 11.8 Å². The van der Waals surface area contributed by atoms with E-state index in [1.165, 1.54) is 9.80 Å². The Labute approximate surface area is 320 Å². The van der Waals surface area contributed by atoms with Crippen LogP contribution < -0.4 is 15.4 Å². The number of fused-ring (bicyclic) bond motifs is 3. The molecule has 3 aromatic rings. The summed E-state index contributed by atoms with van der Waals surface area (Å²) in [7, 11) is -3.92. The second-order valence-electron chi connectivity index (χ2n) is 15.2. The molecule has 0 spiro atoms. The van der Waals surface area contributed by atoms with Gasteiger partial charge in [0, 0.05) is 30.4 Å². The predicted molar refractivity (Wildman–Crippen MR) is 204 cm³/mol. The maximum Gasteiger partial charge on any atom is 0.410 e. The Bertz CT molecular complexity index is 2140. The van der Waals surface area contributed by atoms with Gasteiger partial charge in [0.15, 0.2) is 0 Å². The molecule has 0 bridgehead atoms. The Morgan fingerprint density at radius 2 is 1.76 bits per heavy atom. The molecule has 1 aromatic heterocycles. The number of carbonyl (C=O) groups excluding carboxylic acids is 5. The van der Waals surface area contributed by atoms with E-state index in [9.17, 15) is 32.4 Å². The van der Waals surface area contributed by atoms with Crippen LogP contribution in [0.3, 0.4) is 0 Å². The maximum atomic E-state index is 14.5. The Kier molecular flexibility index (Phi) is 10.8. The molecule has 1 unspecified atom stereocenters. The van der Waals surface area contributed by atoms with Crippen LogP contribution in [0.1, 0.15) is 78.7 Å². The molecule has 0 radical (unpaired) electrons. The summed E-state index contributed by atoms with van der Waals surface area (Å²) in [5, 5.41) is 7.04. The molecule has 4 N–H and O–H groups in total. The molecule has 2 aromatic carbocycles. The van der Waals surface area contributed by atoms with E-state index < -0.39 is 68.5 Å². The first-order chi connectivity index (χ1) is 26.4. The van der Waals surface area contributed by atoms with E-state index in [0.717, 1.165) is 34.9 Å². The van der Waals surface area contributed by atoms with Crippen LogP contribution in [-0.4, -0.2) is 95.4 Å². The number of allylic oxidation sites excluding steroid dienone is 1. The number of piperazine rings is 1. The van der Waals surface area contributed by atoms with Crippen LogP contribution in [0, 0.1) is 19.8 Å². The summed E-state index contributed by atoms with van der Waals surface area (Å²) in [5.41, 5.74) is 1.11. The normalized spacial score (nSPS) is 25.4. The number of aromatic amines is 1. The number of aryl methyl sites for hydroxylation is 2. The summed E-state index contributed by atoms with van der Waals surface area (Å²) in [6, 6.07) is 12.9. The van der Waals surface area contributed by atoms with E-state index >= 15 is 0 Å². The molecule has 2 saturated carbocycles. The van der Waals surface area contributed by atoms with Crippen LogP contribution in [0.4, 0.5) is 4.79 Å². The number of nitrogens with one attached hydrogen (secondary N) is 4. The molecular weight excluding hydrogens is 725 g/mol. The third-order valence-corrected chi connectivity index (χ3v) is 13.0. The second kappa shape index (κ2) is 15.5. The first kappa shape index (κ1) is 38.1. The third kappa shape index (κ3) is 8.26. The second-order valence-corrected chi connectivity index (χ2v) is 17.2. The molecular formula is C40H48N6O8S. The smallest absolute Gasteiger partial charge is 0.410 e. The zero-order valence-electron chi connectivity index (χ0n) is 31.1. The molecule has 5 amide bonds. The van der Waals surface area contributed by atoms with Gasteiger partial charge in [-0.15, -0.1) is 0 Å². The Morgan fingerprint density at radius 1 is 0.982 bits per heavy atom. The van der Waals surface area contributed by atoms with Crippen molar-refractivity contribution in [3.63, 3.8) is 0 Å². The van der Waals surface area contributed by atoms with Gasteiger partial charge in [0.05, 0.1) is 17.4 Å². The molecule has 4 atom stereocenters. The van der Waals surface area contributed by atoms with Gasteiger partial charge < -0.3 is 30.2 Å². The van der Waals surface area contributed by atoms with E-state index in [1.807, 2.05) is 61.5 Å². The van der Waals surface area contributed by atoms with Crippen molar-refractivity contribution in [3.05, 3.63) is 83.2 Å². The summed E-state index contributed by atoms with van der Waals surface area (Å²) in [6.07, 6.45) is 7.37. The Balaban J connectivity index is 1.16. The molecule has 3 heterocycles. The van der Waals surface area contributed by atoms with Crippen molar-refractivity contribution in [3.8, 4) is 0 Å². The Hall–Kier alpha value is -5.18. The zero-order chi connectivity index (χ0) is 38.9. The molecule has 3 fully saturated rings. The van der Waals surface area contributed by atoms with Crippen molar-refractivity contribution in [2.45, 2.75) is 94.7 Å². The van der Waals surface area contributed by atoms with Crippen molar-refractivity contribution in [1.82, 2.24) is 30.1 Å². The van der Waals surface area contributed by atoms with Gasteiger partial charge in [-0.25, -0.2) is 13.2 Å². The number of benzene rings is 2. The van der Waals surface area contributed by atoms with Crippen molar-refractivity contribution in [1.29, 1.82) is 0 Å². The van der Waals surface area contributed by atoms with Gasteiger partial charge in [-0.05, 0) is 74.8 Å². The van der Waals surface area contributed by atoms with Gasteiger partial charge >= 0.3 is 6.09 Å². The minimum atomic E-state index is -3.92. The van der Waals surface area contributed by atoms with Crippen molar-refractivity contribution in [2.24, 2.45) is 5.92 Å². The zero-order valence-corrected chi connectivity index (χ0v) is 32.0. The number of amides is 5. The Morgan fingerprint density at radius 3 is 2.53 bits per heavy atom. The SMILES string of the molecule is Cc1cc(C(=O)N[C@H]2CCCCC/C=C/C3C[C@]3(C(=O)NS(=O)(=O)C3CC3)NC(=O)[C@@H]3CN(C(=O)OCc4cccc5ccccc45)CCN3C2=O)c(C)[nH]1. The largest absolute Gasteiger partial charge is 0.445 e. The molecule has 292 valence electrons. The number of aromatic nitrogens is 1. The number of sulfonamides is 1. The average molecular weight is 773 g/mol. The molecule has 1 saturated heterocycles. The first-order valence-corrected chi connectivity index (χ1v) is 20.6. The topological polar surface area (TPSA) is 187 Å². The predicted octanol–water partition coefficient (Wildman–Crippen LogP) is 3.74. The molecule has 15 heteroatoms. The number of H-pyrrole nitrogens is 1. The van der Waals surface area contributed by atoms with Crippen LogP contribution in [0.25, 0.3) is 10.8 Å². The van der Waals surface area contributed by atoms with E-state index in [0.29, 0.717) is 43.4 Å².